The van der Waals surface area contributed by atoms with Crippen molar-refractivity contribution in [2.24, 2.45) is 0 Å². The van der Waals surface area contributed by atoms with Crippen LogP contribution < -0.4 is 10.6 Å². The Morgan fingerprint density at radius 2 is 2.29 bits per heavy atom. The minimum atomic E-state index is -0.515. The number of hydrogen-bond donors (Lipinski definition) is 2. The van der Waals surface area contributed by atoms with Crippen LogP contribution in [0.1, 0.15) is 6.92 Å². The monoisotopic (exact) mass is 302 g/mol. The number of carbonyl (C=O) groups excluding carboxylic acids is 1. The number of nitro groups is 1. The maximum absolute atomic E-state index is 10.6. The van der Waals surface area contributed by atoms with Crippen molar-refractivity contribution in [1.82, 2.24) is 10.3 Å². The minimum absolute atomic E-state index is 0.0794. The van der Waals surface area contributed by atoms with Crippen molar-refractivity contribution in [3.05, 3.63) is 26.9 Å². The van der Waals surface area contributed by atoms with Crippen molar-refractivity contribution in [1.29, 1.82) is 0 Å². The molecule has 0 unspecified atom stereocenters. The van der Waals surface area contributed by atoms with Crippen molar-refractivity contribution in [3.63, 3.8) is 0 Å². The van der Waals surface area contributed by atoms with E-state index in [4.69, 9.17) is 0 Å². The van der Waals surface area contributed by atoms with Gasteiger partial charge in [-0.25, -0.2) is 4.98 Å². The zero-order chi connectivity index (χ0) is 12.8. The zero-order valence-electron chi connectivity index (χ0n) is 9.07. The molecule has 1 aromatic heterocycles. The van der Waals surface area contributed by atoms with Gasteiger partial charge in [0.05, 0.1) is 9.40 Å². The van der Waals surface area contributed by atoms with Crippen LogP contribution in [0.4, 0.5) is 11.5 Å². The van der Waals surface area contributed by atoms with E-state index >= 15 is 0 Å². The lowest BCUT2D eigenvalue weighted by Crippen LogP contribution is -2.26. The number of nitrogens with zero attached hydrogens (tertiary/aromatic N) is 2. The fourth-order valence-corrected chi connectivity index (χ4v) is 1.55. The van der Waals surface area contributed by atoms with Crippen molar-refractivity contribution in [2.45, 2.75) is 6.92 Å². The minimum Gasteiger partial charge on any atom is -0.367 e. The van der Waals surface area contributed by atoms with E-state index in [2.05, 4.69) is 31.5 Å². The van der Waals surface area contributed by atoms with E-state index in [1.807, 2.05) is 0 Å². The van der Waals surface area contributed by atoms with Gasteiger partial charge >= 0.3 is 0 Å². The van der Waals surface area contributed by atoms with Gasteiger partial charge in [0.1, 0.15) is 12.0 Å². The predicted octanol–water partition coefficient (Wildman–Crippen LogP) is 1.30. The number of halogens is 1. The Morgan fingerprint density at radius 3 is 2.82 bits per heavy atom. The summed E-state index contributed by atoms with van der Waals surface area (Å²) in [5.41, 5.74) is -0.0794. The Kier molecular flexibility index (Phi) is 4.83. The van der Waals surface area contributed by atoms with Crippen LogP contribution in [0, 0.1) is 10.1 Å². The van der Waals surface area contributed by atoms with Crippen LogP contribution in [0.2, 0.25) is 0 Å². The maximum atomic E-state index is 10.6. The molecule has 92 valence electrons. The maximum Gasteiger partial charge on any atom is 0.288 e. The molecule has 0 atom stereocenters. The summed E-state index contributed by atoms with van der Waals surface area (Å²) < 4.78 is 0.509. The van der Waals surface area contributed by atoms with E-state index in [1.165, 1.54) is 19.2 Å². The highest BCUT2D eigenvalue weighted by Crippen LogP contribution is 2.23. The molecule has 0 fully saturated rings. The highest BCUT2D eigenvalue weighted by atomic mass is 79.9. The van der Waals surface area contributed by atoms with Gasteiger partial charge < -0.3 is 10.6 Å². The molecule has 0 spiro atoms. The lowest BCUT2D eigenvalue weighted by Gasteiger charge is -2.07. The van der Waals surface area contributed by atoms with Gasteiger partial charge in [0.15, 0.2) is 0 Å². The number of hydrogen-bond acceptors (Lipinski definition) is 5. The third kappa shape index (κ3) is 4.35. The van der Waals surface area contributed by atoms with Crippen LogP contribution in [0.15, 0.2) is 16.7 Å². The van der Waals surface area contributed by atoms with Gasteiger partial charge in [-0.05, 0) is 15.9 Å². The van der Waals surface area contributed by atoms with Crippen LogP contribution in [0.25, 0.3) is 0 Å². The topological polar surface area (TPSA) is 97.2 Å². The number of carbonyl (C=O) groups is 1. The first-order valence-corrected chi connectivity index (χ1v) is 5.58. The Balaban J connectivity index is 2.54. The summed E-state index contributed by atoms with van der Waals surface area (Å²) in [5, 5.41) is 16.0. The molecule has 0 aliphatic rings. The van der Waals surface area contributed by atoms with Gasteiger partial charge in [0.2, 0.25) is 5.91 Å². The summed E-state index contributed by atoms with van der Waals surface area (Å²) in [4.78, 5) is 24.5. The molecule has 2 N–H and O–H groups in total. The number of pyridine rings is 1. The first-order chi connectivity index (χ1) is 8.00. The van der Waals surface area contributed by atoms with E-state index < -0.39 is 4.92 Å². The number of nitrogens with one attached hydrogen (secondary N) is 2. The van der Waals surface area contributed by atoms with Crippen LogP contribution in [-0.4, -0.2) is 28.9 Å². The van der Waals surface area contributed by atoms with Crippen molar-refractivity contribution >= 4 is 33.3 Å². The average Bonchev–Trinajstić information content (AvgIpc) is 2.25. The fraction of sp³-hybridized carbons (Fsp3) is 0.333. The van der Waals surface area contributed by atoms with E-state index in [9.17, 15) is 14.9 Å². The lowest BCUT2D eigenvalue weighted by atomic mass is 10.4. The zero-order valence-corrected chi connectivity index (χ0v) is 10.7. The van der Waals surface area contributed by atoms with Gasteiger partial charge in [-0.2, -0.15) is 0 Å². The standard InChI is InChI=1S/C9H11BrN4O3/c1-6(15)11-2-3-12-9-8(10)4-7(5-13-9)14(16)17/h4-5H,2-3H2,1H3,(H,11,15)(H,12,13). The first-order valence-electron chi connectivity index (χ1n) is 4.79. The highest BCUT2D eigenvalue weighted by Gasteiger charge is 2.09. The molecular formula is C9H11BrN4O3. The van der Waals surface area contributed by atoms with Gasteiger partial charge in [-0.3, -0.25) is 14.9 Å². The Morgan fingerprint density at radius 1 is 1.59 bits per heavy atom. The van der Waals surface area contributed by atoms with E-state index in [0.717, 1.165) is 0 Å². The molecule has 0 radical (unpaired) electrons. The second-order valence-electron chi connectivity index (χ2n) is 3.19. The van der Waals surface area contributed by atoms with Crippen molar-refractivity contribution in [2.75, 3.05) is 18.4 Å². The first kappa shape index (κ1) is 13.4. The quantitative estimate of drug-likeness (QED) is 0.485. The van der Waals surface area contributed by atoms with E-state index in [-0.39, 0.29) is 11.6 Å². The van der Waals surface area contributed by atoms with Crippen LogP contribution in [0.5, 0.6) is 0 Å². The van der Waals surface area contributed by atoms with E-state index in [1.54, 1.807) is 0 Å². The summed E-state index contributed by atoms with van der Waals surface area (Å²) in [7, 11) is 0. The third-order valence-electron chi connectivity index (χ3n) is 1.83. The van der Waals surface area contributed by atoms with Crippen molar-refractivity contribution < 1.29 is 9.72 Å². The fourth-order valence-electron chi connectivity index (χ4n) is 1.08. The largest absolute Gasteiger partial charge is 0.367 e. The van der Waals surface area contributed by atoms with Gasteiger partial charge in [-0.1, -0.05) is 0 Å². The Labute approximate surface area is 106 Å². The Bertz CT molecular complexity index is 438. The third-order valence-corrected chi connectivity index (χ3v) is 2.43. The second-order valence-corrected chi connectivity index (χ2v) is 4.05. The molecule has 0 saturated heterocycles. The second kappa shape index (κ2) is 6.14. The number of aromatic nitrogens is 1. The molecule has 17 heavy (non-hydrogen) atoms. The molecule has 7 nitrogen and oxygen atoms in total. The summed E-state index contributed by atoms with van der Waals surface area (Å²) >= 11 is 3.18. The lowest BCUT2D eigenvalue weighted by molar-refractivity contribution is -0.385. The van der Waals surface area contributed by atoms with Gasteiger partial charge in [-0.15, -0.1) is 0 Å². The number of rotatable bonds is 5. The molecule has 0 aromatic carbocycles. The molecule has 1 amide bonds. The molecule has 0 aliphatic carbocycles. The number of amides is 1. The van der Waals surface area contributed by atoms with Gasteiger partial charge in [0.25, 0.3) is 5.69 Å². The van der Waals surface area contributed by atoms with Crippen LogP contribution >= 0.6 is 15.9 Å². The summed E-state index contributed by atoms with van der Waals surface area (Å²) in [5.74, 6) is 0.392. The summed E-state index contributed by atoms with van der Waals surface area (Å²) in [6.45, 7) is 2.38. The Hall–Kier alpha value is -1.70. The molecule has 0 saturated carbocycles. The number of anilines is 1. The smallest absolute Gasteiger partial charge is 0.288 e. The average molecular weight is 303 g/mol. The molecule has 1 rings (SSSR count). The predicted molar refractivity (Wildman–Crippen MR) is 65.8 cm³/mol. The normalized spacial score (nSPS) is 9.76. The summed E-state index contributed by atoms with van der Waals surface area (Å²) in [6, 6.07) is 1.37. The highest BCUT2D eigenvalue weighted by molar-refractivity contribution is 9.10. The molecule has 0 bridgehead atoms. The van der Waals surface area contributed by atoms with Crippen LogP contribution in [-0.2, 0) is 4.79 Å². The van der Waals surface area contributed by atoms with Gasteiger partial charge in [0, 0.05) is 26.1 Å². The SMILES string of the molecule is CC(=O)NCCNc1ncc([N+](=O)[O-])cc1Br. The molecule has 8 heteroatoms. The molecule has 1 heterocycles. The van der Waals surface area contributed by atoms with Crippen LogP contribution in [0.3, 0.4) is 0 Å². The molecular weight excluding hydrogens is 292 g/mol. The van der Waals surface area contributed by atoms with Crippen molar-refractivity contribution in [3.8, 4) is 0 Å². The summed E-state index contributed by atoms with van der Waals surface area (Å²) in [6.07, 6.45) is 1.17. The molecule has 0 aliphatic heterocycles. The molecule has 1 aromatic rings. The van der Waals surface area contributed by atoms with E-state index in [0.29, 0.717) is 23.4 Å².